The molecule has 43 heavy (non-hydrogen) atoms. The Morgan fingerprint density at radius 2 is 1.49 bits per heavy atom. The van der Waals surface area contributed by atoms with E-state index in [-0.39, 0.29) is 17.8 Å². The van der Waals surface area contributed by atoms with E-state index in [0.29, 0.717) is 18.4 Å². The van der Waals surface area contributed by atoms with Crippen LogP contribution in [0.1, 0.15) is 52.7 Å². The van der Waals surface area contributed by atoms with Gasteiger partial charge in [0, 0.05) is 22.6 Å². The monoisotopic (exact) mass is 569 g/mol. The summed E-state index contributed by atoms with van der Waals surface area (Å²) in [6.07, 6.45) is 8.27. The van der Waals surface area contributed by atoms with Gasteiger partial charge in [0.1, 0.15) is 11.3 Å². The number of fused-ring (bicyclic) bond motifs is 1. The van der Waals surface area contributed by atoms with Crippen molar-refractivity contribution in [3.8, 4) is 11.3 Å². The Balaban J connectivity index is 1.19. The molecule has 5 nitrogen and oxygen atoms in total. The van der Waals surface area contributed by atoms with Gasteiger partial charge in [-0.2, -0.15) is 0 Å². The number of carbonyl (C=O) groups is 2. The van der Waals surface area contributed by atoms with Crippen LogP contribution in [0.4, 0.5) is 5.69 Å². The third kappa shape index (κ3) is 6.78. The summed E-state index contributed by atoms with van der Waals surface area (Å²) in [6, 6.07) is 33.7. The van der Waals surface area contributed by atoms with Crippen LogP contribution in [-0.2, 0) is 22.4 Å². The van der Waals surface area contributed by atoms with E-state index in [9.17, 15) is 9.59 Å². The Hall–Kier alpha value is -4.90. The van der Waals surface area contributed by atoms with Crippen molar-refractivity contribution in [2.75, 3.05) is 12.4 Å². The fourth-order valence-electron chi connectivity index (χ4n) is 5.76. The lowest BCUT2D eigenvalue weighted by atomic mass is 9.89. The van der Waals surface area contributed by atoms with Crippen LogP contribution in [0.25, 0.3) is 27.9 Å². The number of hydrogen-bond acceptors (Lipinski definition) is 4. The molecule has 1 amide bonds. The molecule has 1 atom stereocenters. The van der Waals surface area contributed by atoms with Crippen LogP contribution < -0.4 is 5.32 Å². The number of rotatable bonds is 9. The van der Waals surface area contributed by atoms with Crippen LogP contribution in [0.15, 0.2) is 114 Å². The average Bonchev–Trinajstić information content (AvgIpc) is 3.50. The van der Waals surface area contributed by atoms with Crippen molar-refractivity contribution in [1.82, 2.24) is 0 Å². The maximum atomic E-state index is 13.7. The van der Waals surface area contributed by atoms with E-state index < -0.39 is 0 Å². The second-order valence-electron chi connectivity index (χ2n) is 11.2. The molecule has 0 saturated heterocycles. The molecule has 1 unspecified atom stereocenters. The SMILES string of the molecule is COC(=O)c1ccc(CC(Cc2ccc(C3=CCCCC3)cc2)C(=O)Nc2ccc(-c3cc4ccccc4o3)cc2)cc1. The first-order valence-corrected chi connectivity index (χ1v) is 14.9. The van der Waals surface area contributed by atoms with Gasteiger partial charge in [0.25, 0.3) is 0 Å². The molecular weight excluding hydrogens is 534 g/mol. The van der Waals surface area contributed by atoms with E-state index in [1.807, 2.05) is 66.7 Å². The number of anilines is 1. The van der Waals surface area contributed by atoms with Crippen molar-refractivity contribution >= 4 is 34.1 Å². The lowest BCUT2D eigenvalue weighted by Gasteiger charge is -2.18. The zero-order valence-corrected chi connectivity index (χ0v) is 24.3. The highest BCUT2D eigenvalue weighted by Crippen LogP contribution is 2.30. The van der Waals surface area contributed by atoms with Crippen molar-refractivity contribution in [2.24, 2.45) is 5.92 Å². The van der Waals surface area contributed by atoms with Crippen molar-refractivity contribution in [2.45, 2.75) is 38.5 Å². The van der Waals surface area contributed by atoms with Crippen LogP contribution in [0.2, 0.25) is 0 Å². The first-order chi connectivity index (χ1) is 21.1. The molecule has 6 rings (SSSR count). The third-order valence-electron chi connectivity index (χ3n) is 8.19. The van der Waals surface area contributed by atoms with Gasteiger partial charge in [0.15, 0.2) is 0 Å². The van der Waals surface area contributed by atoms with Gasteiger partial charge in [-0.25, -0.2) is 4.79 Å². The molecule has 0 spiro atoms. The second kappa shape index (κ2) is 13.0. The Bertz CT molecular complexity index is 1710. The lowest BCUT2D eigenvalue weighted by Crippen LogP contribution is -2.26. The van der Waals surface area contributed by atoms with Gasteiger partial charge in [0.2, 0.25) is 5.91 Å². The van der Waals surface area contributed by atoms with Crippen molar-refractivity contribution in [3.05, 3.63) is 131 Å². The predicted octanol–water partition coefficient (Wildman–Crippen LogP) is 8.88. The third-order valence-corrected chi connectivity index (χ3v) is 8.19. The van der Waals surface area contributed by atoms with Crippen molar-refractivity contribution in [1.29, 1.82) is 0 Å². The second-order valence-corrected chi connectivity index (χ2v) is 11.2. The molecule has 1 aromatic heterocycles. The van der Waals surface area contributed by atoms with Gasteiger partial charge in [0.05, 0.1) is 12.7 Å². The minimum absolute atomic E-state index is 0.0485. The van der Waals surface area contributed by atoms with E-state index >= 15 is 0 Å². The number of benzene rings is 4. The molecule has 216 valence electrons. The smallest absolute Gasteiger partial charge is 0.337 e. The zero-order chi connectivity index (χ0) is 29.6. The van der Waals surface area contributed by atoms with E-state index in [0.717, 1.165) is 51.9 Å². The van der Waals surface area contributed by atoms with E-state index in [2.05, 4.69) is 35.7 Å². The average molecular weight is 570 g/mol. The largest absolute Gasteiger partial charge is 0.465 e. The fourth-order valence-corrected chi connectivity index (χ4v) is 5.76. The molecular formula is C38H35NO4. The molecule has 0 aliphatic heterocycles. The van der Waals surface area contributed by atoms with Gasteiger partial charge >= 0.3 is 5.97 Å². The van der Waals surface area contributed by atoms with Crippen LogP contribution in [-0.4, -0.2) is 19.0 Å². The molecule has 5 heteroatoms. The predicted molar refractivity (Wildman–Crippen MR) is 172 cm³/mol. The lowest BCUT2D eigenvalue weighted by molar-refractivity contribution is -0.119. The molecule has 0 radical (unpaired) electrons. The van der Waals surface area contributed by atoms with Crippen LogP contribution in [0, 0.1) is 5.92 Å². The standard InChI is InChI=1S/C38H35NO4/c1-42-38(41)31-17-13-27(14-18-31)24-33(23-26-11-15-29(16-12-26)28-7-3-2-4-8-28)37(40)39-34-21-19-30(20-22-34)36-25-32-9-5-6-10-35(32)43-36/h5-7,9-22,25,33H,2-4,8,23-24H2,1H3,(H,39,40). The molecule has 4 aromatic carbocycles. The van der Waals surface area contributed by atoms with Crippen LogP contribution in [0.5, 0.6) is 0 Å². The molecule has 1 aliphatic carbocycles. The fraction of sp³-hybridized carbons (Fsp3) is 0.211. The maximum absolute atomic E-state index is 13.7. The summed E-state index contributed by atoms with van der Waals surface area (Å²) >= 11 is 0. The number of allylic oxidation sites excluding steroid dienone is 2. The highest BCUT2D eigenvalue weighted by Gasteiger charge is 2.21. The molecule has 5 aromatic rings. The Morgan fingerprint density at radius 3 is 2.14 bits per heavy atom. The summed E-state index contributed by atoms with van der Waals surface area (Å²) in [5.74, 6) is 0.0614. The molecule has 0 bridgehead atoms. The van der Waals surface area contributed by atoms with Gasteiger partial charge in [-0.05, 0) is 109 Å². The van der Waals surface area contributed by atoms with Crippen molar-refractivity contribution in [3.63, 3.8) is 0 Å². The quantitative estimate of drug-likeness (QED) is 0.180. The Morgan fingerprint density at radius 1 is 0.814 bits per heavy atom. The van der Waals surface area contributed by atoms with E-state index in [1.165, 1.54) is 31.1 Å². The van der Waals surface area contributed by atoms with Crippen molar-refractivity contribution < 1.29 is 18.7 Å². The molecule has 1 N–H and O–H groups in total. The van der Waals surface area contributed by atoms with E-state index in [4.69, 9.17) is 9.15 Å². The maximum Gasteiger partial charge on any atom is 0.337 e. The van der Waals surface area contributed by atoms with Gasteiger partial charge < -0.3 is 14.5 Å². The van der Waals surface area contributed by atoms with Gasteiger partial charge in [-0.15, -0.1) is 0 Å². The first kappa shape index (κ1) is 28.2. The Labute approximate surface area is 252 Å². The van der Waals surface area contributed by atoms with E-state index in [1.54, 1.807) is 12.1 Å². The number of para-hydroxylation sites is 1. The molecule has 1 aliphatic rings. The summed E-state index contributed by atoms with van der Waals surface area (Å²) in [7, 11) is 1.37. The zero-order valence-electron chi connectivity index (χ0n) is 24.3. The highest BCUT2D eigenvalue weighted by molar-refractivity contribution is 5.93. The van der Waals surface area contributed by atoms with Crippen LogP contribution in [0.3, 0.4) is 0 Å². The number of methoxy groups -OCH3 is 1. The highest BCUT2D eigenvalue weighted by atomic mass is 16.5. The number of hydrogen-bond donors (Lipinski definition) is 1. The summed E-state index contributed by atoms with van der Waals surface area (Å²) in [5, 5.41) is 4.19. The normalized spacial score (nSPS) is 13.7. The number of ether oxygens (including phenoxy) is 1. The molecule has 1 heterocycles. The summed E-state index contributed by atoms with van der Waals surface area (Å²) in [6.45, 7) is 0. The van der Waals surface area contributed by atoms with Gasteiger partial charge in [-0.1, -0.05) is 60.7 Å². The first-order valence-electron chi connectivity index (χ1n) is 14.9. The molecule has 0 saturated carbocycles. The number of nitrogens with one attached hydrogen (secondary N) is 1. The molecule has 0 fully saturated rings. The number of amides is 1. The Kier molecular flexibility index (Phi) is 8.50. The topological polar surface area (TPSA) is 68.5 Å². The number of esters is 1. The summed E-state index contributed by atoms with van der Waals surface area (Å²) < 4.78 is 10.8. The number of carbonyl (C=O) groups excluding carboxylic acids is 2. The summed E-state index contributed by atoms with van der Waals surface area (Å²) in [4.78, 5) is 25.6. The van der Waals surface area contributed by atoms with Crippen LogP contribution >= 0.6 is 0 Å². The van der Waals surface area contributed by atoms with Gasteiger partial charge in [-0.3, -0.25) is 4.79 Å². The number of furan rings is 1. The summed E-state index contributed by atoms with van der Waals surface area (Å²) in [5.41, 5.74) is 7.81. The minimum Gasteiger partial charge on any atom is -0.465 e. The minimum atomic E-state index is -0.375.